The lowest BCUT2D eigenvalue weighted by Gasteiger charge is -2.29. The van der Waals surface area contributed by atoms with Crippen molar-refractivity contribution in [2.75, 3.05) is 5.73 Å². The molecule has 0 aliphatic heterocycles. The molecular weight excluding hydrogens is 244 g/mol. The monoisotopic (exact) mass is 276 g/mol. The van der Waals surface area contributed by atoms with Crippen LogP contribution in [-0.2, 0) is 5.41 Å². The molecule has 1 aromatic heterocycles. The molecule has 0 fully saturated rings. The molecule has 2 nitrogen and oxygen atoms in total. The van der Waals surface area contributed by atoms with E-state index in [0.29, 0.717) is 5.82 Å². The highest BCUT2D eigenvalue weighted by molar-refractivity contribution is 5.31. The third-order valence-corrected chi connectivity index (χ3v) is 4.30. The van der Waals surface area contributed by atoms with E-state index in [4.69, 9.17) is 5.73 Å². The average Bonchev–Trinajstić information content (AvgIpc) is 2.44. The summed E-state index contributed by atoms with van der Waals surface area (Å²) in [7, 11) is 0. The van der Waals surface area contributed by atoms with E-state index in [9.17, 15) is 0 Å². The van der Waals surface area contributed by atoms with E-state index in [1.807, 2.05) is 12.1 Å². The molecular formula is C18H32N2. The SMILES string of the molecule is CCCCCCC(C)(CCCCC)c1cccc(N)n1. The lowest BCUT2D eigenvalue weighted by Crippen LogP contribution is -2.24. The lowest BCUT2D eigenvalue weighted by molar-refractivity contribution is 0.357. The largest absolute Gasteiger partial charge is 0.384 e. The molecule has 20 heavy (non-hydrogen) atoms. The zero-order valence-electron chi connectivity index (χ0n) is 13.6. The Morgan fingerprint density at radius 1 is 0.950 bits per heavy atom. The highest BCUT2D eigenvalue weighted by Crippen LogP contribution is 2.34. The number of nitrogen functional groups attached to an aromatic ring is 1. The number of nitrogens with zero attached hydrogens (tertiary/aromatic N) is 1. The maximum atomic E-state index is 5.88. The van der Waals surface area contributed by atoms with Crippen molar-refractivity contribution in [3.05, 3.63) is 23.9 Å². The van der Waals surface area contributed by atoms with Gasteiger partial charge in [-0.05, 0) is 25.0 Å². The van der Waals surface area contributed by atoms with E-state index in [0.717, 1.165) is 0 Å². The third-order valence-electron chi connectivity index (χ3n) is 4.30. The van der Waals surface area contributed by atoms with Gasteiger partial charge in [0, 0.05) is 11.1 Å². The summed E-state index contributed by atoms with van der Waals surface area (Å²) in [6, 6.07) is 6.08. The van der Waals surface area contributed by atoms with Crippen molar-refractivity contribution in [2.45, 2.75) is 84.0 Å². The number of unbranched alkanes of at least 4 members (excludes halogenated alkanes) is 5. The first-order valence-corrected chi connectivity index (χ1v) is 8.35. The van der Waals surface area contributed by atoms with Crippen LogP contribution in [0.25, 0.3) is 0 Å². The molecule has 1 rings (SSSR count). The van der Waals surface area contributed by atoms with E-state index in [-0.39, 0.29) is 5.41 Å². The van der Waals surface area contributed by atoms with Gasteiger partial charge in [-0.1, -0.05) is 71.8 Å². The number of rotatable bonds is 10. The molecule has 2 heteroatoms. The first-order chi connectivity index (χ1) is 9.62. The third kappa shape index (κ3) is 5.52. The number of hydrogen-bond acceptors (Lipinski definition) is 2. The summed E-state index contributed by atoms with van der Waals surface area (Å²) >= 11 is 0. The first-order valence-electron chi connectivity index (χ1n) is 8.35. The van der Waals surface area contributed by atoms with E-state index in [2.05, 4.69) is 31.8 Å². The van der Waals surface area contributed by atoms with Gasteiger partial charge < -0.3 is 5.73 Å². The van der Waals surface area contributed by atoms with Crippen LogP contribution in [0.15, 0.2) is 18.2 Å². The second-order valence-electron chi connectivity index (χ2n) is 6.28. The second-order valence-corrected chi connectivity index (χ2v) is 6.28. The van der Waals surface area contributed by atoms with Gasteiger partial charge in [0.2, 0.25) is 0 Å². The van der Waals surface area contributed by atoms with Gasteiger partial charge >= 0.3 is 0 Å². The van der Waals surface area contributed by atoms with Crippen molar-refractivity contribution in [3.8, 4) is 0 Å². The van der Waals surface area contributed by atoms with E-state index < -0.39 is 0 Å². The lowest BCUT2D eigenvalue weighted by atomic mass is 9.76. The standard InChI is InChI=1S/C18H32N2/c1-4-6-8-10-15-18(3,14-9-7-5-2)16-12-11-13-17(19)20-16/h11-13H,4-10,14-15H2,1-3H3,(H2,19,20). The molecule has 1 atom stereocenters. The van der Waals surface area contributed by atoms with Crippen LogP contribution < -0.4 is 5.73 Å². The smallest absolute Gasteiger partial charge is 0.123 e. The number of anilines is 1. The van der Waals surface area contributed by atoms with Gasteiger partial charge in [-0.2, -0.15) is 0 Å². The molecule has 0 saturated heterocycles. The fourth-order valence-electron chi connectivity index (χ4n) is 2.88. The Kier molecular flexibility index (Phi) is 7.64. The maximum Gasteiger partial charge on any atom is 0.123 e. The summed E-state index contributed by atoms with van der Waals surface area (Å²) in [6.45, 7) is 6.90. The molecule has 1 aromatic rings. The average molecular weight is 276 g/mol. The van der Waals surface area contributed by atoms with Crippen LogP contribution in [-0.4, -0.2) is 4.98 Å². The number of pyridine rings is 1. The van der Waals surface area contributed by atoms with Crippen LogP contribution in [0.2, 0.25) is 0 Å². The predicted octanol–water partition coefficient (Wildman–Crippen LogP) is 5.47. The highest BCUT2D eigenvalue weighted by atomic mass is 14.8. The second kappa shape index (κ2) is 8.99. The Bertz CT molecular complexity index is 375. The first kappa shape index (κ1) is 17.0. The number of hydrogen-bond donors (Lipinski definition) is 1. The van der Waals surface area contributed by atoms with Crippen molar-refractivity contribution in [2.24, 2.45) is 0 Å². The minimum Gasteiger partial charge on any atom is -0.384 e. The quantitative estimate of drug-likeness (QED) is 0.575. The van der Waals surface area contributed by atoms with Gasteiger partial charge in [0.25, 0.3) is 0 Å². The van der Waals surface area contributed by atoms with Crippen molar-refractivity contribution in [1.82, 2.24) is 4.98 Å². The van der Waals surface area contributed by atoms with Crippen LogP contribution in [0, 0.1) is 0 Å². The summed E-state index contributed by atoms with van der Waals surface area (Å²) in [6.07, 6.45) is 11.6. The predicted molar refractivity (Wildman–Crippen MR) is 88.9 cm³/mol. The fourth-order valence-corrected chi connectivity index (χ4v) is 2.88. The summed E-state index contributed by atoms with van der Waals surface area (Å²) in [5, 5.41) is 0. The van der Waals surface area contributed by atoms with E-state index in [1.165, 1.54) is 63.5 Å². The van der Waals surface area contributed by atoms with Crippen molar-refractivity contribution < 1.29 is 0 Å². The van der Waals surface area contributed by atoms with Gasteiger partial charge in [-0.25, -0.2) is 4.98 Å². The molecule has 0 aliphatic rings. The van der Waals surface area contributed by atoms with Crippen LogP contribution in [0.3, 0.4) is 0 Å². The van der Waals surface area contributed by atoms with E-state index in [1.54, 1.807) is 0 Å². The molecule has 0 amide bonds. The molecule has 0 bridgehead atoms. The topological polar surface area (TPSA) is 38.9 Å². The van der Waals surface area contributed by atoms with Gasteiger partial charge in [0.1, 0.15) is 5.82 Å². The van der Waals surface area contributed by atoms with Crippen LogP contribution >= 0.6 is 0 Å². The zero-order chi connectivity index (χ0) is 14.8. The van der Waals surface area contributed by atoms with Crippen molar-refractivity contribution >= 4 is 5.82 Å². The Morgan fingerprint density at radius 2 is 1.55 bits per heavy atom. The normalized spacial score (nSPS) is 14.2. The van der Waals surface area contributed by atoms with Crippen molar-refractivity contribution in [3.63, 3.8) is 0 Å². The Labute approximate surface area is 125 Å². The highest BCUT2D eigenvalue weighted by Gasteiger charge is 2.27. The van der Waals surface area contributed by atoms with E-state index >= 15 is 0 Å². The summed E-state index contributed by atoms with van der Waals surface area (Å²) < 4.78 is 0. The maximum absolute atomic E-state index is 5.88. The molecule has 0 aromatic carbocycles. The van der Waals surface area contributed by atoms with Gasteiger partial charge in [-0.15, -0.1) is 0 Å². The van der Waals surface area contributed by atoms with Gasteiger partial charge in [-0.3, -0.25) is 0 Å². The minimum atomic E-state index is 0.193. The summed E-state index contributed by atoms with van der Waals surface area (Å²) in [5.41, 5.74) is 7.25. The Hall–Kier alpha value is -1.05. The zero-order valence-corrected chi connectivity index (χ0v) is 13.6. The molecule has 1 unspecified atom stereocenters. The minimum absolute atomic E-state index is 0.193. The van der Waals surface area contributed by atoms with Gasteiger partial charge in [0.15, 0.2) is 0 Å². The molecule has 1 heterocycles. The molecule has 2 N–H and O–H groups in total. The number of aromatic nitrogens is 1. The van der Waals surface area contributed by atoms with Crippen LogP contribution in [0.5, 0.6) is 0 Å². The molecule has 0 aliphatic carbocycles. The summed E-state index contributed by atoms with van der Waals surface area (Å²) in [5.74, 6) is 0.651. The molecule has 0 spiro atoms. The van der Waals surface area contributed by atoms with Crippen LogP contribution in [0.4, 0.5) is 5.82 Å². The molecule has 0 radical (unpaired) electrons. The van der Waals surface area contributed by atoms with Gasteiger partial charge in [0.05, 0.1) is 0 Å². The van der Waals surface area contributed by atoms with Crippen LogP contribution in [0.1, 0.15) is 84.3 Å². The summed E-state index contributed by atoms with van der Waals surface area (Å²) in [4.78, 5) is 4.60. The van der Waals surface area contributed by atoms with Crippen molar-refractivity contribution in [1.29, 1.82) is 0 Å². The Balaban J connectivity index is 2.71. The number of nitrogens with two attached hydrogens (primary N) is 1. The Morgan fingerprint density at radius 3 is 2.15 bits per heavy atom. The fraction of sp³-hybridized carbons (Fsp3) is 0.722. The molecule has 114 valence electrons. The molecule has 0 saturated carbocycles.